The molecule has 2 aromatic rings. The molecule has 1 spiro atoms. The first kappa shape index (κ1) is 17.0. The van der Waals surface area contributed by atoms with Crippen LogP contribution in [-0.2, 0) is 16.8 Å². The van der Waals surface area contributed by atoms with Gasteiger partial charge >= 0.3 is 0 Å². The van der Waals surface area contributed by atoms with Crippen molar-refractivity contribution >= 4 is 5.91 Å². The number of hydrogen-bond donors (Lipinski definition) is 1. The summed E-state index contributed by atoms with van der Waals surface area (Å²) < 4.78 is 18.4. The number of nitrogens with zero attached hydrogens (tertiary/aromatic N) is 3. The van der Waals surface area contributed by atoms with Crippen molar-refractivity contribution in [2.24, 2.45) is 0 Å². The molecule has 0 saturated carbocycles. The van der Waals surface area contributed by atoms with Gasteiger partial charge in [-0.15, -0.1) is 0 Å². The third-order valence-electron chi connectivity index (χ3n) is 5.71. The van der Waals surface area contributed by atoms with Crippen LogP contribution in [-0.4, -0.2) is 59.0 Å². The zero-order valence-electron chi connectivity index (χ0n) is 14.9. The van der Waals surface area contributed by atoms with Crippen LogP contribution >= 0.6 is 0 Å². The van der Waals surface area contributed by atoms with Gasteiger partial charge in [0, 0.05) is 31.7 Å². The van der Waals surface area contributed by atoms with Crippen LogP contribution in [0.1, 0.15) is 24.2 Å². The van der Waals surface area contributed by atoms with E-state index in [2.05, 4.69) is 21.9 Å². The van der Waals surface area contributed by atoms with Gasteiger partial charge in [0.1, 0.15) is 11.6 Å². The van der Waals surface area contributed by atoms with Gasteiger partial charge < -0.3 is 14.6 Å². The highest BCUT2D eigenvalue weighted by atomic mass is 19.1. The number of nitrogens with one attached hydrogen (secondary N) is 1. The molecule has 0 unspecified atom stereocenters. The molecule has 3 heterocycles. The minimum absolute atomic E-state index is 0.0257. The molecule has 0 atom stereocenters. The van der Waals surface area contributed by atoms with Crippen molar-refractivity contribution in [3.63, 3.8) is 0 Å². The van der Waals surface area contributed by atoms with Crippen molar-refractivity contribution in [1.29, 1.82) is 0 Å². The van der Waals surface area contributed by atoms with Crippen LogP contribution in [0, 0.1) is 5.82 Å². The number of ether oxygens (including phenoxy) is 1. The summed E-state index contributed by atoms with van der Waals surface area (Å²) in [6, 6.07) is 5.71. The van der Waals surface area contributed by atoms with Crippen LogP contribution < -0.4 is 4.74 Å². The molecule has 0 bridgehead atoms. The van der Waals surface area contributed by atoms with Crippen molar-refractivity contribution < 1.29 is 13.9 Å². The van der Waals surface area contributed by atoms with E-state index in [1.54, 1.807) is 6.33 Å². The molecular weight excluding hydrogens is 335 g/mol. The molecule has 1 saturated heterocycles. The number of imidazole rings is 1. The number of likely N-dealkylation sites (N-methyl/N-ethyl adjacent to an activating group) is 1. The predicted molar refractivity (Wildman–Crippen MR) is 94.3 cm³/mol. The van der Waals surface area contributed by atoms with E-state index >= 15 is 0 Å². The summed E-state index contributed by atoms with van der Waals surface area (Å²) in [7, 11) is 2.15. The highest BCUT2D eigenvalue weighted by Gasteiger charge is 2.45. The van der Waals surface area contributed by atoms with Crippen LogP contribution in [0.15, 0.2) is 30.6 Å². The third kappa shape index (κ3) is 2.96. The summed E-state index contributed by atoms with van der Waals surface area (Å²) in [5.41, 5.74) is 2.28. The Balaban J connectivity index is 1.38. The van der Waals surface area contributed by atoms with E-state index in [0.717, 1.165) is 31.5 Å². The molecule has 6 nitrogen and oxygen atoms in total. The van der Waals surface area contributed by atoms with E-state index in [0.29, 0.717) is 18.8 Å². The van der Waals surface area contributed by atoms with E-state index in [4.69, 9.17) is 4.74 Å². The van der Waals surface area contributed by atoms with Gasteiger partial charge in [-0.2, -0.15) is 0 Å². The lowest BCUT2D eigenvalue weighted by atomic mass is 9.79. The standard InChI is InChI=1S/C19H23FN4O2/c1-23-9-6-16-18(22-13-21-16)19(23)7-10-24(11-8-19)17(25)12-26-15-4-2-14(20)3-5-15/h2-5,13H,6-12H2,1H3,(H,21,22). The number of carbonyl (C=O) groups excluding carboxylic acids is 1. The maximum absolute atomic E-state index is 12.9. The summed E-state index contributed by atoms with van der Waals surface area (Å²) >= 11 is 0. The Hall–Kier alpha value is -2.41. The van der Waals surface area contributed by atoms with E-state index in [-0.39, 0.29) is 23.9 Å². The maximum Gasteiger partial charge on any atom is 0.260 e. The lowest BCUT2D eigenvalue weighted by Crippen LogP contribution is -2.56. The molecule has 2 aliphatic heterocycles. The third-order valence-corrected chi connectivity index (χ3v) is 5.71. The van der Waals surface area contributed by atoms with Crippen molar-refractivity contribution in [2.45, 2.75) is 24.8 Å². The molecule has 1 aromatic carbocycles. The monoisotopic (exact) mass is 358 g/mol. The number of carbonyl (C=O) groups is 1. The zero-order chi connectivity index (χ0) is 18.1. The van der Waals surface area contributed by atoms with Gasteiger partial charge in [-0.05, 0) is 44.2 Å². The molecule has 0 aliphatic carbocycles. The Kier molecular flexibility index (Phi) is 4.40. The number of fused-ring (bicyclic) bond motifs is 2. The van der Waals surface area contributed by atoms with E-state index < -0.39 is 0 Å². The Labute approximate surface area is 152 Å². The Morgan fingerprint density at radius 1 is 1.27 bits per heavy atom. The molecule has 0 radical (unpaired) electrons. The highest BCUT2D eigenvalue weighted by Crippen LogP contribution is 2.41. The van der Waals surface area contributed by atoms with E-state index in [1.807, 2.05) is 4.90 Å². The first-order chi connectivity index (χ1) is 12.6. The zero-order valence-corrected chi connectivity index (χ0v) is 14.9. The number of amides is 1. The average Bonchev–Trinajstić information content (AvgIpc) is 3.15. The number of benzene rings is 1. The fourth-order valence-corrected chi connectivity index (χ4v) is 4.10. The number of aromatic amines is 1. The second kappa shape index (κ2) is 6.72. The van der Waals surface area contributed by atoms with Crippen molar-refractivity contribution in [2.75, 3.05) is 33.3 Å². The van der Waals surface area contributed by atoms with Gasteiger partial charge in [-0.1, -0.05) is 0 Å². The second-order valence-corrected chi connectivity index (χ2v) is 7.06. The smallest absolute Gasteiger partial charge is 0.260 e. The largest absolute Gasteiger partial charge is 0.484 e. The minimum Gasteiger partial charge on any atom is -0.484 e. The Morgan fingerprint density at radius 3 is 2.73 bits per heavy atom. The maximum atomic E-state index is 12.9. The van der Waals surface area contributed by atoms with Crippen LogP contribution in [0.3, 0.4) is 0 Å². The first-order valence-corrected chi connectivity index (χ1v) is 8.99. The molecule has 26 heavy (non-hydrogen) atoms. The highest BCUT2D eigenvalue weighted by molar-refractivity contribution is 5.78. The molecule has 4 rings (SSSR count). The van der Waals surface area contributed by atoms with Crippen LogP contribution in [0.4, 0.5) is 4.39 Å². The van der Waals surface area contributed by atoms with Crippen molar-refractivity contribution in [3.05, 3.63) is 47.8 Å². The normalized spacial score (nSPS) is 19.4. The van der Waals surface area contributed by atoms with Gasteiger partial charge in [0.2, 0.25) is 0 Å². The molecule has 2 aliphatic rings. The van der Waals surface area contributed by atoms with Crippen molar-refractivity contribution in [1.82, 2.24) is 19.8 Å². The number of halogens is 1. The van der Waals surface area contributed by atoms with Gasteiger partial charge in [-0.3, -0.25) is 9.69 Å². The Morgan fingerprint density at radius 2 is 2.00 bits per heavy atom. The predicted octanol–water partition coefficient (Wildman–Crippen LogP) is 1.93. The van der Waals surface area contributed by atoms with Gasteiger partial charge in [0.25, 0.3) is 5.91 Å². The SMILES string of the molecule is CN1CCc2[nH]cnc2C12CCN(C(=O)COc1ccc(F)cc1)CC2. The topological polar surface area (TPSA) is 61.5 Å². The van der Waals surface area contributed by atoms with Crippen LogP contribution in [0.25, 0.3) is 0 Å². The van der Waals surface area contributed by atoms with Gasteiger partial charge in [0.05, 0.1) is 17.6 Å². The molecule has 1 N–H and O–H groups in total. The molecule has 1 aromatic heterocycles. The lowest BCUT2D eigenvalue weighted by molar-refractivity contribution is -0.136. The molecule has 138 valence electrons. The number of hydrogen-bond acceptors (Lipinski definition) is 4. The van der Waals surface area contributed by atoms with Gasteiger partial charge in [0.15, 0.2) is 6.61 Å². The molecular formula is C19H23FN4O2. The summed E-state index contributed by atoms with van der Waals surface area (Å²) in [6.07, 6.45) is 4.49. The first-order valence-electron chi connectivity index (χ1n) is 8.99. The van der Waals surface area contributed by atoms with Gasteiger partial charge in [-0.25, -0.2) is 9.37 Å². The second-order valence-electron chi connectivity index (χ2n) is 7.06. The van der Waals surface area contributed by atoms with E-state index in [1.165, 1.54) is 30.0 Å². The van der Waals surface area contributed by atoms with E-state index in [9.17, 15) is 9.18 Å². The van der Waals surface area contributed by atoms with Crippen LogP contribution in [0.2, 0.25) is 0 Å². The number of rotatable bonds is 3. The van der Waals surface area contributed by atoms with Crippen LogP contribution in [0.5, 0.6) is 5.75 Å². The fourth-order valence-electron chi connectivity index (χ4n) is 4.10. The minimum atomic E-state index is -0.320. The summed E-state index contributed by atoms with van der Waals surface area (Å²) in [5.74, 6) is 0.144. The number of piperidine rings is 1. The Bertz CT molecular complexity index is 781. The average molecular weight is 358 g/mol. The number of H-pyrrole nitrogens is 1. The summed E-state index contributed by atoms with van der Waals surface area (Å²) in [5, 5.41) is 0. The summed E-state index contributed by atoms with van der Waals surface area (Å²) in [6.45, 7) is 2.34. The molecule has 1 fully saturated rings. The number of aromatic nitrogens is 2. The lowest BCUT2D eigenvalue weighted by Gasteiger charge is -2.49. The quantitative estimate of drug-likeness (QED) is 0.911. The number of likely N-dealkylation sites (tertiary alicyclic amines) is 1. The molecule has 1 amide bonds. The fraction of sp³-hybridized carbons (Fsp3) is 0.474. The van der Waals surface area contributed by atoms with Crippen molar-refractivity contribution in [3.8, 4) is 5.75 Å². The summed E-state index contributed by atoms with van der Waals surface area (Å²) in [4.78, 5) is 24.6. The molecule has 7 heteroatoms.